The van der Waals surface area contributed by atoms with Crippen LogP contribution in [0.15, 0.2) is 30.3 Å². The number of aliphatic hydroxyl groups excluding tert-OH is 2. The number of anilines is 1. The number of aliphatic hydroxyl groups is 2. The highest BCUT2D eigenvalue weighted by atomic mass is 19.4. The molecule has 0 aliphatic heterocycles. The number of halogens is 3. The van der Waals surface area contributed by atoms with Crippen molar-refractivity contribution < 1.29 is 32.9 Å². The summed E-state index contributed by atoms with van der Waals surface area (Å²) >= 11 is 0. The normalized spacial score (nSPS) is 19.1. The van der Waals surface area contributed by atoms with E-state index in [0.29, 0.717) is 12.0 Å². The van der Waals surface area contributed by atoms with Crippen molar-refractivity contribution in [3.05, 3.63) is 58.1 Å². The number of ether oxygens (including phenoxy) is 1. The third-order valence-corrected chi connectivity index (χ3v) is 5.93. The summed E-state index contributed by atoms with van der Waals surface area (Å²) in [6.45, 7) is 7.33. The van der Waals surface area contributed by atoms with Gasteiger partial charge in [-0.2, -0.15) is 13.2 Å². The zero-order chi connectivity index (χ0) is 24.7. The molecule has 33 heavy (non-hydrogen) atoms. The molecule has 0 saturated carbocycles. The number of carbonyl (C=O) groups is 1. The molecule has 0 fully saturated rings. The van der Waals surface area contributed by atoms with Gasteiger partial charge in [-0.1, -0.05) is 39.0 Å². The molecule has 1 aliphatic carbocycles. The van der Waals surface area contributed by atoms with E-state index in [1.807, 2.05) is 19.1 Å². The zero-order valence-corrected chi connectivity index (χ0v) is 19.2. The van der Waals surface area contributed by atoms with Crippen LogP contribution in [0.5, 0.6) is 5.75 Å². The Kier molecular flexibility index (Phi) is 6.68. The van der Waals surface area contributed by atoms with Crippen molar-refractivity contribution in [3.63, 3.8) is 0 Å². The van der Waals surface area contributed by atoms with Crippen molar-refractivity contribution in [2.24, 2.45) is 0 Å². The Hall–Kier alpha value is -2.78. The number of urea groups is 1. The molecule has 1 unspecified atom stereocenters. The standard InChI is InChI=1S/C24H29F3N2O4/c1-12-7-6-8-14-15(12)11-17(19(14)30)28-22(32)29-18-10-13(23(2,3)4)9-16(20(18)33-5)21(31)24(25,26)27/h6-10,17,19,21,30-31H,11H2,1-5H3,(H2,28,29,32)/t17-,19+,21?/m1/s1. The highest BCUT2D eigenvalue weighted by Crippen LogP contribution is 2.43. The van der Waals surface area contributed by atoms with Crippen LogP contribution >= 0.6 is 0 Å². The zero-order valence-electron chi connectivity index (χ0n) is 19.2. The summed E-state index contributed by atoms with van der Waals surface area (Å²) in [5, 5.41) is 25.8. The summed E-state index contributed by atoms with van der Waals surface area (Å²) in [6.07, 6.45) is -8.18. The molecular formula is C24H29F3N2O4. The van der Waals surface area contributed by atoms with E-state index in [2.05, 4.69) is 10.6 Å². The van der Waals surface area contributed by atoms with E-state index >= 15 is 0 Å². The SMILES string of the molecule is COc1c(NC(=O)N[C@@H]2Cc3c(C)cccc3[C@@H]2O)cc(C(C)(C)C)cc1C(O)C(F)(F)F. The van der Waals surface area contributed by atoms with Gasteiger partial charge in [-0.05, 0) is 53.1 Å². The lowest BCUT2D eigenvalue weighted by Crippen LogP contribution is -2.40. The first-order valence-electron chi connectivity index (χ1n) is 10.5. The third kappa shape index (κ3) is 5.09. The number of alkyl halides is 3. The molecule has 2 aromatic carbocycles. The van der Waals surface area contributed by atoms with Crippen LogP contribution in [0.1, 0.15) is 60.8 Å². The van der Waals surface area contributed by atoms with E-state index in [-0.39, 0.29) is 11.4 Å². The lowest BCUT2D eigenvalue weighted by Gasteiger charge is -2.26. The third-order valence-electron chi connectivity index (χ3n) is 5.93. The predicted octanol–water partition coefficient (Wildman–Crippen LogP) is 4.68. The quantitative estimate of drug-likeness (QED) is 0.527. The number of amides is 2. The Morgan fingerprint density at radius 2 is 1.88 bits per heavy atom. The van der Waals surface area contributed by atoms with Gasteiger partial charge in [0.25, 0.3) is 0 Å². The lowest BCUT2D eigenvalue weighted by atomic mass is 9.84. The lowest BCUT2D eigenvalue weighted by molar-refractivity contribution is -0.207. The summed E-state index contributed by atoms with van der Waals surface area (Å²) in [5.41, 5.74) is 2.10. The van der Waals surface area contributed by atoms with E-state index in [1.54, 1.807) is 26.8 Å². The van der Waals surface area contributed by atoms with Crippen molar-refractivity contribution >= 4 is 11.7 Å². The minimum Gasteiger partial charge on any atom is -0.494 e. The molecule has 2 amide bonds. The summed E-state index contributed by atoms with van der Waals surface area (Å²) in [4.78, 5) is 12.8. The van der Waals surface area contributed by atoms with Gasteiger partial charge in [0, 0.05) is 5.56 Å². The molecule has 2 aromatic rings. The molecule has 0 heterocycles. The molecule has 0 aromatic heterocycles. The minimum atomic E-state index is -4.92. The van der Waals surface area contributed by atoms with Crippen LogP contribution in [-0.2, 0) is 11.8 Å². The molecule has 3 atom stereocenters. The molecule has 6 nitrogen and oxygen atoms in total. The molecule has 0 radical (unpaired) electrons. The maximum absolute atomic E-state index is 13.3. The van der Waals surface area contributed by atoms with Crippen LogP contribution in [0.25, 0.3) is 0 Å². The molecule has 9 heteroatoms. The Morgan fingerprint density at radius 1 is 1.21 bits per heavy atom. The smallest absolute Gasteiger partial charge is 0.418 e. The molecule has 0 spiro atoms. The molecule has 4 N–H and O–H groups in total. The first-order valence-corrected chi connectivity index (χ1v) is 10.5. The van der Waals surface area contributed by atoms with Crippen molar-refractivity contribution in [1.29, 1.82) is 0 Å². The van der Waals surface area contributed by atoms with E-state index in [4.69, 9.17) is 4.74 Å². The fourth-order valence-corrected chi connectivity index (χ4v) is 4.07. The average Bonchev–Trinajstić information content (AvgIpc) is 3.02. The maximum Gasteiger partial charge on any atom is 0.418 e. The number of methoxy groups -OCH3 is 1. The highest BCUT2D eigenvalue weighted by molar-refractivity contribution is 5.92. The van der Waals surface area contributed by atoms with Crippen molar-refractivity contribution in [1.82, 2.24) is 5.32 Å². The molecule has 180 valence electrons. The van der Waals surface area contributed by atoms with Gasteiger partial charge in [-0.25, -0.2) is 4.79 Å². The van der Waals surface area contributed by atoms with Crippen LogP contribution < -0.4 is 15.4 Å². The largest absolute Gasteiger partial charge is 0.494 e. The average molecular weight is 467 g/mol. The van der Waals surface area contributed by atoms with Crippen LogP contribution in [0.3, 0.4) is 0 Å². The fraction of sp³-hybridized carbons (Fsp3) is 0.458. The topological polar surface area (TPSA) is 90.8 Å². The molecular weight excluding hydrogens is 437 g/mol. The van der Waals surface area contributed by atoms with Gasteiger partial charge in [-0.3, -0.25) is 0 Å². The Balaban J connectivity index is 1.91. The van der Waals surface area contributed by atoms with Gasteiger partial charge >= 0.3 is 12.2 Å². The number of aryl methyl sites for hydroxylation is 1. The number of fused-ring (bicyclic) bond motifs is 1. The number of hydrogen-bond donors (Lipinski definition) is 4. The number of hydrogen-bond acceptors (Lipinski definition) is 4. The van der Waals surface area contributed by atoms with Gasteiger partial charge in [0.05, 0.1) is 24.9 Å². The van der Waals surface area contributed by atoms with Gasteiger partial charge < -0.3 is 25.6 Å². The van der Waals surface area contributed by atoms with Gasteiger partial charge in [0.15, 0.2) is 6.10 Å². The van der Waals surface area contributed by atoms with E-state index in [9.17, 15) is 28.2 Å². The predicted molar refractivity (Wildman–Crippen MR) is 118 cm³/mol. The van der Waals surface area contributed by atoms with Gasteiger partial charge in [-0.15, -0.1) is 0 Å². The van der Waals surface area contributed by atoms with Gasteiger partial charge in [0.1, 0.15) is 5.75 Å². The molecule has 0 saturated heterocycles. The van der Waals surface area contributed by atoms with Gasteiger partial charge in [0.2, 0.25) is 0 Å². The summed E-state index contributed by atoms with van der Waals surface area (Å²) in [5.74, 6) is -0.283. The van der Waals surface area contributed by atoms with Crippen LogP contribution in [0.2, 0.25) is 0 Å². The van der Waals surface area contributed by atoms with Crippen molar-refractivity contribution in [3.8, 4) is 5.75 Å². The summed E-state index contributed by atoms with van der Waals surface area (Å²) in [7, 11) is 1.17. The van der Waals surface area contributed by atoms with E-state index < -0.39 is 41.4 Å². The number of rotatable bonds is 4. The second-order valence-corrected chi connectivity index (χ2v) is 9.34. The molecule has 3 rings (SSSR count). The first kappa shape index (κ1) is 24.9. The Morgan fingerprint density at radius 3 is 2.42 bits per heavy atom. The minimum absolute atomic E-state index is 0.0121. The molecule has 0 bridgehead atoms. The Labute approximate surface area is 190 Å². The van der Waals surface area contributed by atoms with E-state index in [1.165, 1.54) is 19.2 Å². The first-order chi connectivity index (χ1) is 15.2. The van der Waals surface area contributed by atoms with Crippen LogP contribution in [0.4, 0.5) is 23.7 Å². The number of carbonyl (C=O) groups excluding carboxylic acids is 1. The second-order valence-electron chi connectivity index (χ2n) is 9.34. The van der Waals surface area contributed by atoms with Crippen LogP contribution in [-0.4, -0.2) is 35.6 Å². The number of benzene rings is 2. The number of nitrogens with one attached hydrogen (secondary N) is 2. The van der Waals surface area contributed by atoms with Crippen LogP contribution in [0, 0.1) is 6.92 Å². The van der Waals surface area contributed by atoms with Crippen molar-refractivity contribution in [2.75, 3.05) is 12.4 Å². The molecule has 1 aliphatic rings. The monoisotopic (exact) mass is 466 g/mol. The summed E-state index contributed by atoms with van der Waals surface area (Å²) < 4.78 is 45.1. The highest BCUT2D eigenvalue weighted by Gasteiger charge is 2.42. The fourth-order valence-electron chi connectivity index (χ4n) is 4.07. The Bertz CT molecular complexity index is 1050. The second kappa shape index (κ2) is 8.87. The summed E-state index contributed by atoms with van der Waals surface area (Å²) in [6, 6.07) is 7.00. The van der Waals surface area contributed by atoms with E-state index in [0.717, 1.165) is 16.7 Å². The maximum atomic E-state index is 13.3. The van der Waals surface area contributed by atoms with Crippen molar-refractivity contribution in [2.45, 2.75) is 64.0 Å².